The lowest BCUT2D eigenvalue weighted by molar-refractivity contribution is -0.137. The number of aliphatic carboxylic acids is 1. The molecule has 0 aliphatic heterocycles. The van der Waals surface area contributed by atoms with Crippen molar-refractivity contribution in [2.45, 2.75) is 78.3 Å². The van der Waals surface area contributed by atoms with E-state index in [1.165, 1.54) is 0 Å². The Morgan fingerprint density at radius 3 is 2.35 bits per heavy atom. The fraction of sp³-hybridized carbons (Fsp3) is 0.867. The fourth-order valence-corrected chi connectivity index (χ4v) is 2.00. The van der Waals surface area contributed by atoms with E-state index >= 15 is 0 Å². The molecule has 118 valence electrons. The van der Waals surface area contributed by atoms with Crippen molar-refractivity contribution in [2.24, 2.45) is 0 Å². The Balaban J connectivity index is 4.25. The number of hydrogen-bond donors (Lipinski definition) is 2. The van der Waals surface area contributed by atoms with E-state index in [-0.39, 0.29) is 24.5 Å². The van der Waals surface area contributed by atoms with E-state index < -0.39 is 5.97 Å². The summed E-state index contributed by atoms with van der Waals surface area (Å²) in [6.45, 7) is 8.95. The van der Waals surface area contributed by atoms with Gasteiger partial charge < -0.3 is 15.3 Å². The van der Waals surface area contributed by atoms with Crippen LogP contribution < -0.4 is 5.32 Å². The van der Waals surface area contributed by atoms with Gasteiger partial charge in [-0.25, -0.2) is 4.79 Å². The second kappa shape index (κ2) is 10.5. The molecule has 2 N–H and O–H groups in total. The highest BCUT2D eigenvalue weighted by atomic mass is 16.4. The van der Waals surface area contributed by atoms with Crippen molar-refractivity contribution < 1.29 is 14.7 Å². The third-order valence-corrected chi connectivity index (χ3v) is 3.53. The number of hydrogen-bond acceptors (Lipinski definition) is 2. The molecule has 0 aromatic heterocycles. The van der Waals surface area contributed by atoms with Crippen LogP contribution in [0.3, 0.4) is 0 Å². The van der Waals surface area contributed by atoms with Gasteiger partial charge in [-0.3, -0.25) is 4.79 Å². The Bertz CT molecular complexity index is 295. The Morgan fingerprint density at radius 1 is 1.20 bits per heavy atom. The molecule has 0 fully saturated rings. The lowest BCUT2D eigenvalue weighted by atomic mass is 10.1. The summed E-state index contributed by atoms with van der Waals surface area (Å²) < 4.78 is 0. The molecule has 2 unspecified atom stereocenters. The summed E-state index contributed by atoms with van der Waals surface area (Å²) in [6.07, 6.45) is 4.45. The molecule has 0 radical (unpaired) electrons. The van der Waals surface area contributed by atoms with E-state index in [4.69, 9.17) is 5.11 Å². The van der Waals surface area contributed by atoms with Gasteiger partial charge in [0.1, 0.15) is 0 Å². The summed E-state index contributed by atoms with van der Waals surface area (Å²) in [5.74, 6) is -0.785. The predicted octanol–water partition coefficient (Wildman–Crippen LogP) is 3.24. The zero-order valence-electron chi connectivity index (χ0n) is 13.3. The summed E-state index contributed by atoms with van der Waals surface area (Å²) >= 11 is 0. The summed E-state index contributed by atoms with van der Waals surface area (Å²) in [5.41, 5.74) is 0. The highest BCUT2D eigenvalue weighted by molar-refractivity contribution is 5.74. The summed E-state index contributed by atoms with van der Waals surface area (Å²) in [6, 6.07) is 0.207. The Labute approximate surface area is 122 Å². The first kappa shape index (κ1) is 18.7. The molecule has 2 amide bonds. The number of nitrogens with one attached hydrogen (secondary N) is 1. The largest absolute Gasteiger partial charge is 0.481 e. The lowest BCUT2D eigenvalue weighted by Crippen LogP contribution is -2.48. The van der Waals surface area contributed by atoms with Crippen LogP contribution in [0.25, 0.3) is 0 Å². The van der Waals surface area contributed by atoms with E-state index in [1.54, 1.807) is 0 Å². The van der Waals surface area contributed by atoms with Crippen molar-refractivity contribution >= 4 is 12.0 Å². The van der Waals surface area contributed by atoms with E-state index in [0.717, 1.165) is 25.8 Å². The molecule has 0 saturated carbocycles. The number of rotatable bonds is 10. The van der Waals surface area contributed by atoms with Gasteiger partial charge in [-0.2, -0.15) is 0 Å². The zero-order valence-corrected chi connectivity index (χ0v) is 13.3. The molecule has 5 heteroatoms. The first-order chi connectivity index (χ1) is 9.42. The number of carboxylic acids is 1. The van der Waals surface area contributed by atoms with Crippen LogP contribution in [0.2, 0.25) is 0 Å². The smallest absolute Gasteiger partial charge is 0.317 e. The van der Waals surface area contributed by atoms with E-state index in [0.29, 0.717) is 12.8 Å². The van der Waals surface area contributed by atoms with E-state index in [2.05, 4.69) is 26.1 Å². The Kier molecular flexibility index (Phi) is 9.86. The number of carbonyl (C=O) groups is 2. The average molecular weight is 286 g/mol. The minimum Gasteiger partial charge on any atom is -0.481 e. The molecule has 0 aromatic rings. The third-order valence-electron chi connectivity index (χ3n) is 3.53. The van der Waals surface area contributed by atoms with Crippen molar-refractivity contribution in [3.63, 3.8) is 0 Å². The van der Waals surface area contributed by atoms with Crippen LogP contribution in [0.5, 0.6) is 0 Å². The van der Waals surface area contributed by atoms with Gasteiger partial charge in [-0.05, 0) is 39.5 Å². The van der Waals surface area contributed by atoms with Crippen LogP contribution in [0, 0.1) is 0 Å². The average Bonchev–Trinajstić information content (AvgIpc) is 2.38. The van der Waals surface area contributed by atoms with Gasteiger partial charge in [0.25, 0.3) is 0 Å². The molecule has 0 aliphatic rings. The van der Waals surface area contributed by atoms with Crippen LogP contribution in [-0.4, -0.2) is 40.6 Å². The highest BCUT2D eigenvalue weighted by Crippen LogP contribution is 2.08. The maximum atomic E-state index is 12.3. The molecule has 0 aliphatic carbocycles. The second-order valence-electron chi connectivity index (χ2n) is 5.44. The zero-order chi connectivity index (χ0) is 15.5. The van der Waals surface area contributed by atoms with Gasteiger partial charge in [0.2, 0.25) is 0 Å². The monoisotopic (exact) mass is 286 g/mol. The molecule has 0 saturated heterocycles. The molecule has 2 atom stereocenters. The number of carboxylic acid groups (broad SMARTS) is 1. The molecule has 0 spiro atoms. The van der Waals surface area contributed by atoms with Gasteiger partial charge in [-0.15, -0.1) is 0 Å². The molecule has 20 heavy (non-hydrogen) atoms. The molecule has 0 bridgehead atoms. The minimum atomic E-state index is -0.785. The number of urea groups is 1. The number of nitrogens with zero attached hydrogens (tertiary/aromatic N) is 1. The molecule has 0 aromatic carbocycles. The summed E-state index contributed by atoms with van der Waals surface area (Å²) in [5, 5.41) is 11.6. The summed E-state index contributed by atoms with van der Waals surface area (Å²) in [7, 11) is 0. The van der Waals surface area contributed by atoms with Crippen molar-refractivity contribution in [2.75, 3.05) is 6.54 Å². The Hall–Kier alpha value is -1.26. The SMILES string of the molecule is CCCCN(C(=O)NC(C)CCCC(=O)O)C(C)CC. The normalized spacial score (nSPS) is 13.6. The highest BCUT2D eigenvalue weighted by Gasteiger charge is 2.19. The van der Waals surface area contributed by atoms with Gasteiger partial charge in [-0.1, -0.05) is 20.3 Å². The number of carbonyl (C=O) groups excluding carboxylic acids is 1. The second-order valence-corrected chi connectivity index (χ2v) is 5.44. The van der Waals surface area contributed by atoms with Crippen LogP contribution in [0.1, 0.15) is 66.2 Å². The van der Waals surface area contributed by atoms with Gasteiger partial charge in [0.05, 0.1) is 0 Å². The van der Waals surface area contributed by atoms with Crippen LogP contribution in [0.4, 0.5) is 4.79 Å². The van der Waals surface area contributed by atoms with Crippen molar-refractivity contribution in [3.05, 3.63) is 0 Å². The molecule has 0 heterocycles. The lowest BCUT2D eigenvalue weighted by Gasteiger charge is -2.30. The number of amides is 2. The maximum Gasteiger partial charge on any atom is 0.317 e. The standard InChI is InChI=1S/C15H30N2O3/c1-5-7-11-17(13(4)6-2)15(20)16-12(3)9-8-10-14(18)19/h12-13H,5-11H2,1-4H3,(H,16,20)(H,18,19). The van der Waals surface area contributed by atoms with Crippen molar-refractivity contribution in [3.8, 4) is 0 Å². The van der Waals surface area contributed by atoms with Crippen LogP contribution >= 0.6 is 0 Å². The van der Waals surface area contributed by atoms with Crippen molar-refractivity contribution in [1.82, 2.24) is 10.2 Å². The predicted molar refractivity (Wildman–Crippen MR) is 80.8 cm³/mol. The van der Waals surface area contributed by atoms with Crippen molar-refractivity contribution in [1.29, 1.82) is 0 Å². The summed E-state index contributed by atoms with van der Waals surface area (Å²) in [4.78, 5) is 24.6. The quantitative estimate of drug-likeness (QED) is 0.647. The number of unbranched alkanes of at least 4 members (excludes halogenated alkanes) is 1. The van der Waals surface area contributed by atoms with Gasteiger partial charge >= 0.3 is 12.0 Å². The maximum absolute atomic E-state index is 12.3. The molecule has 5 nitrogen and oxygen atoms in total. The minimum absolute atomic E-state index is 0.00929. The fourth-order valence-electron chi connectivity index (χ4n) is 2.00. The Morgan fingerprint density at radius 2 is 1.85 bits per heavy atom. The molecular weight excluding hydrogens is 256 g/mol. The van der Waals surface area contributed by atoms with E-state index in [9.17, 15) is 9.59 Å². The first-order valence-electron chi connectivity index (χ1n) is 7.71. The van der Waals surface area contributed by atoms with Gasteiger partial charge in [0, 0.05) is 25.0 Å². The molecular formula is C15H30N2O3. The topological polar surface area (TPSA) is 69.6 Å². The van der Waals surface area contributed by atoms with Crippen LogP contribution in [-0.2, 0) is 4.79 Å². The molecule has 0 rings (SSSR count). The van der Waals surface area contributed by atoms with Gasteiger partial charge in [0.15, 0.2) is 0 Å². The van der Waals surface area contributed by atoms with E-state index in [1.807, 2.05) is 11.8 Å². The first-order valence-corrected chi connectivity index (χ1v) is 7.71. The van der Waals surface area contributed by atoms with Crippen LogP contribution in [0.15, 0.2) is 0 Å². The third kappa shape index (κ3) is 8.02.